The lowest BCUT2D eigenvalue weighted by molar-refractivity contribution is 0.465. The van der Waals surface area contributed by atoms with Crippen LogP contribution in [0.1, 0.15) is 32.1 Å². The SMILES string of the molecule is N#CC1CCCC(CN)CC1. The summed E-state index contributed by atoms with van der Waals surface area (Å²) in [5, 5.41) is 8.69. The van der Waals surface area contributed by atoms with Crippen LogP contribution in [0.5, 0.6) is 0 Å². The Morgan fingerprint density at radius 3 is 2.73 bits per heavy atom. The average Bonchev–Trinajstić information content (AvgIpc) is 2.28. The first-order valence-electron chi connectivity index (χ1n) is 4.46. The van der Waals surface area contributed by atoms with Crippen molar-refractivity contribution in [3.63, 3.8) is 0 Å². The third kappa shape index (κ3) is 2.51. The average molecular weight is 152 g/mol. The van der Waals surface area contributed by atoms with Crippen LogP contribution in [0.2, 0.25) is 0 Å². The highest BCUT2D eigenvalue weighted by Gasteiger charge is 2.16. The molecule has 0 saturated heterocycles. The van der Waals surface area contributed by atoms with Gasteiger partial charge in [-0.25, -0.2) is 0 Å². The van der Waals surface area contributed by atoms with E-state index in [1.165, 1.54) is 12.8 Å². The third-order valence-electron chi connectivity index (χ3n) is 2.60. The van der Waals surface area contributed by atoms with Crippen molar-refractivity contribution in [1.82, 2.24) is 0 Å². The lowest BCUT2D eigenvalue weighted by Crippen LogP contribution is -2.13. The van der Waals surface area contributed by atoms with Gasteiger partial charge in [0.15, 0.2) is 0 Å². The summed E-state index contributed by atoms with van der Waals surface area (Å²) in [4.78, 5) is 0. The standard InChI is InChI=1S/C9H16N2/c10-6-8-2-1-3-9(7-11)5-4-8/h8-9H,1-6,10H2. The first-order chi connectivity index (χ1) is 5.36. The normalized spacial score (nSPS) is 32.4. The molecule has 0 aromatic heterocycles. The Morgan fingerprint density at radius 2 is 2.09 bits per heavy atom. The molecule has 2 nitrogen and oxygen atoms in total. The van der Waals surface area contributed by atoms with Gasteiger partial charge in [0.2, 0.25) is 0 Å². The monoisotopic (exact) mass is 152 g/mol. The first kappa shape index (κ1) is 8.55. The van der Waals surface area contributed by atoms with Gasteiger partial charge in [0, 0.05) is 5.92 Å². The zero-order valence-corrected chi connectivity index (χ0v) is 6.92. The molecule has 2 atom stereocenters. The maximum atomic E-state index is 8.69. The van der Waals surface area contributed by atoms with Crippen molar-refractivity contribution in [2.75, 3.05) is 6.54 Å². The number of hydrogen-bond acceptors (Lipinski definition) is 2. The largest absolute Gasteiger partial charge is 0.330 e. The minimum atomic E-state index is 0.312. The van der Waals surface area contributed by atoms with Crippen LogP contribution in [0.25, 0.3) is 0 Å². The quantitative estimate of drug-likeness (QED) is 0.581. The topological polar surface area (TPSA) is 49.8 Å². The highest BCUT2D eigenvalue weighted by Crippen LogP contribution is 2.25. The molecule has 0 heterocycles. The Bertz CT molecular complexity index is 148. The van der Waals surface area contributed by atoms with E-state index in [4.69, 9.17) is 11.0 Å². The van der Waals surface area contributed by atoms with Crippen LogP contribution in [-0.4, -0.2) is 6.54 Å². The van der Waals surface area contributed by atoms with E-state index in [2.05, 4.69) is 6.07 Å². The lowest BCUT2D eigenvalue weighted by Gasteiger charge is -2.08. The highest BCUT2D eigenvalue weighted by molar-refractivity contribution is 4.85. The summed E-state index contributed by atoms with van der Waals surface area (Å²) in [6.07, 6.45) is 5.74. The summed E-state index contributed by atoms with van der Waals surface area (Å²) in [5.74, 6) is 1.000. The molecule has 0 aliphatic heterocycles. The first-order valence-corrected chi connectivity index (χ1v) is 4.46. The fraction of sp³-hybridized carbons (Fsp3) is 0.889. The van der Waals surface area contributed by atoms with E-state index in [1.54, 1.807) is 0 Å². The van der Waals surface area contributed by atoms with Crippen LogP contribution < -0.4 is 5.73 Å². The van der Waals surface area contributed by atoms with Gasteiger partial charge in [0.05, 0.1) is 6.07 Å². The van der Waals surface area contributed by atoms with Gasteiger partial charge in [-0.2, -0.15) is 5.26 Å². The van der Waals surface area contributed by atoms with Gasteiger partial charge in [0.1, 0.15) is 0 Å². The Morgan fingerprint density at radius 1 is 1.27 bits per heavy atom. The molecular weight excluding hydrogens is 136 g/mol. The minimum absolute atomic E-state index is 0.312. The van der Waals surface area contributed by atoms with Crippen molar-refractivity contribution < 1.29 is 0 Å². The second-order valence-electron chi connectivity index (χ2n) is 3.44. The van der Waals surface area contributed by atoms with Crippen LogP contribution in [0.4, 0.5) is 0 Å². The summed E-state index contributed by atoms with van der Waals surface area (Å²) < 4.78 is 0. The van der Waals surface area contributed by atoms with E-state index >= 15 is 0 Å². The number of rotatable bonds is 1. The fourth-order valence-corrected chi connectivity index (χ4v) is 1.74. The molecule has 0 aromatic carbocycles. The van der Waals surface area contributed by atoms with Gasteiger partial charge in [-0.3, -0.25) is 0 Å². The smallest absolute Gasteiger partial charge is 0.0655 e. The van der Waals surface area contributed by atoms with Crippen molar-refractivity contribution in [1.29, 1.82) is 5.26 Å². The number of nitriles is 1. The third-order valence-corrected chi connectivity index (χ3v) is 2.60. The molecule has 1 saturated carbocycles. The van der Waals surface area contributed by atoms with Crippen molar-refractivity contribution in [3.8, 4) is 6.07 Å². The molecular formula is C9H16N2. The molecule has 0 radical (unpaired) electrons. The van der Waals surface area contributed by atoms with E-state index < -0.39 is 0 Å². The second kappa shape index (κ2) is 4.35. The van der Waals surface area contributed by atoms with Crippen LogP contribution in [0, 0.1) is 23.2 Å². The number of nitrogens with zero attached hydrogens (tertiary/aromatic N) is 1. The highest BCUT2D eigenvalue weighted by atomic mass is 14.5. The van der Waals surface area contributed by atoms with Gasteiger partial charge in [-0.15, -0.1) is 0 Å². The van der Waals surface area contributed by atoms with Crippen molar-refractivity contribution >= 4 is 0 Å². The number of hydrogen-bond donors (Lipinski definition) is 1. The fourth-order valence-electron chi connectivity index (χ4n) is 1.74. The molecule has 1 aliphatic rings. The van der Waals surface area contributed by atoms with E-state index in [1.807, 2.05) is 0 Å². The minimum Gasteiger partial charge on any atom is -0.330 e. The predicted molar refractivity (Wildman–Crippen MR) is 44.7 cm³/mol. The Balaban J connectivity index is 2.34. The molecule has 0 spiro atoms. The maximum Gasteiger partial charge on any atom is 0.0655 e. The van der Waals surface area contributed by atoms with E-state index in [-0.39, 0.29) is 0 Å². The van der Waals surface area contributed by atoms with Crippen LogP contribution in [0.15, 0.2) is 0 Å². The van der Waals surface area contributed by atoms with Crippen molar-refractivity contribution in [2.24, 2.45) is 17.6 Å². The molecule has 11 heavy (non-hydrogen) atoms. The molecule has 1 aliphatic carbocycles. The molecule has 1 rings (SSSR count). The summed E-state index contributed by atoms with van der Waals surface area (Å²) in [7, 11) is 0. The van der Waals surface area contributed by atoms with Gasteiger partial charge < -0.3 is 5.73 Å². The zero-order chi connectivity index (χ0) is 8.10. The Kier molecular flexibility index (Phi) is 3.38. The van der Waals surface area contributed by atoms with Gasteiger partial charge >= 0.3 is 0 Å². The molecule has 62 valence electrons. The Labute approximate surface area is 68.4 Å². The molecule has 2 unspecified atom stereocenters. The van der Waals surface area contributed by atoms with E-state index in [0.29, 0.717) is 11.8 Å². The van der Waals surface area contributed by atoms with E-state index in [9.17, 15) is 0 Å². The maximum absolute atomic E-state index is 8.69. The predicted octanol–water partition coefficient (Wildman–Crippen LogP) is 1.67. The Hall–Kier alpha value is -0.550. The van der Waals surface area contributed by atoms with Crippen molar-refractivity contribution in [3.05, 3.63) is 0 Å². The summed E-state index contributed by atoms with van der Waals surface area (Å²) in [5.41, 5.74) is 5.58. The number of nitrogens with two attached hydrogens (primary N) is 1. The van der Waals surface area contributed by atoms with Crippen molar-refractivity contribution in [2.45, 2.75) is 32.1 Å². The van der Waals surface area contributed by atoms with Gasteiger partial charge in [0.25, 0.3) is 0 Å². The zero-order valence-electron chi connectivity index (χ0n) is 6.92. The molecule has 0 aromatic rings. The molecule has 2 heteroatoms. The second-order valence-corrected chi connectivity index (χ2v) is 3.44. The van der Waals surface area contributed by atoms with Gasteiger partial charge in [-0.05, 0) is 38.1 Å². The summed E-state index contributed by atoms with van der Waals surface area (Å²) in [6.45, 7) is 0.804. The van der Waals surface area contributed by atoms with E-state index in [0.717, 1.165) is 25.8 Å². The molecule has 1 fully saturated rings. The summed E-state index contributed by atoms with van der Waals surface area (Å²) >= 11 is 0. The lowest BCUT2D eigenvalue weighted by atomic mass is 9.99. The van der Waals surface area contributed by atoms with Crippen LogP contribution >= 0.6 is 0 Å². The van der Waals surface area contributed by atoms with Crippen LogP contribution in [0.3, 0.4) is 0 Å². The molecule has 2 N–H and O–H groups in total. The van der Waals surface area contributed by atoms with Gasteiger partial charge in [-0.1, -0.05) is 6.42 Å². The molecule has 0 amide bonds. The summed E-state index contributed by atoms with van der Waals surface area (Å²) in [6, 6.07) is 2.35. The van der Waals surface area contributed by atoms with Crippen LogP contribution in [-0.2, 0) is 0 Å². The molecule has 0 bridgehead atoms.